The molecule has 5 nitrogen and oxygen atoms in total. The van der Waals surface area contributed by atoms with Crippen LogP contribution in [0.4, 0.5) is 0 Å². The Morgan fingerprint density at radius 3 is 2.63 bits per heavy atom. The van der Waals surface area contributed by atoms with Crippen LogP contribution in [0.3, 0.4) is 0 Å². The van der Waals surface area contributed by atoms with Crippen LogP contribution >= 0.6 is 15.9 Å². The van der Waals surface area contributed by atoms with Crippen LogP contribution in [-0.4, -0.2) is 47.9 Å². The number of hydrogen-bond acceptors (Lipinski definition) is 4. The van der Waals surface area contributed by atoms with Gasteiger partial charge in [-0.05, 0) is 28.1 Å². The first kappa shape index (κ1) is 13.0. The molecule has 1 aromatic rings. The van der Waals surface area contributed by atoms with Crippen molar-refractivity contribution in [2.45, 2.75) is 18.6 Å². The third kappa shape index (κ3) is 2.52. The molecule has 0 radical (unpaired) electrons. The topological polar surface area (TPSA) is 51.7 Å². The van der Waals surface area contributed by atoms with E-state index in [0.717, 1.165) is 17.3 Å². The number of aromatic nitrogens is 1. The van der Waals surface area contributed by atoms with E-state index in [1.165, 1.54) is 0 Å². The summed E-state index contributed by atoms with van der Waals surface area (Å²) in [5, 5.41) is 0. The van der Waals surface area contributed by atoms with Gasteiger partial charge in [-0.3, -0.25) is 4.79 Å². The number of carbonyl (C=O) groups is 1. The minimum atomic E-state index is -0.446. The number of halogens is 1. The monoisotopic (exact) mass is 326 g/mol. The molecular weight excluding hydrogens is 312 g/mol. The van der Waals surface area contributed by atoms with E-state index in [1.54, 1.807) is 12.3 Å². The molecule has 2 aliphatic heterocycles. The lowest BCUT2D eigenvalue weighted by Gasteiger charge is -2.37. The van der Waals surface area contributed by atoms with Gasteiger partial charge < -0.3 is 14.4 Å². The Kier molecular flexibility index (Phi) is 3.56. The Morgan fingerprint density at radius 1 is 1.32 bits per heavy atom. The van der Waals surface area contributed by atoms with Gasteiger partial charge in [0.2, 0.25) is 0 Å². The van der Waals surface area contributed by atoms with Gasteiger partial charge in [0.05, 0.1) is 13.2 Å². The van der Waals surface area contributed by atoms with Crippen LogP contribution < -0.4 is 0 Å². The van der Waals surface area contributed by atoms with Crippen molar-refractivity contribution in [1.82, 2.24) is 9.88 Å². The Labute approximate surface area is 120 Å². The number of likely N-dealkylation sites (tertiary alicyclic amines) is 1. The summed E-state index contributed by atoms with van der Waals surface area (Å²) in [5.74, 6) is -0.488. The van der Waals surface area contributed by atoms with Crippen molar-refractivity contribution >= 4 is 21.8 Å². The fourth-order valence-electron chi connectivity index (χ4n) is 2.53. The first-order valence-corrected chi connectivity index (χ1v) is 7.17. The third-order valence-electron chi connectivity index (χ3n) is 3.59. The van der Waals surface area contributed by atoms with E-state index in [9.17, 15) is 4.79 Å². The second-order valence-electron chi connectivity index (χ2n) is 4.73. The van der Waals surface area contributed by atoms with Crippen molar-refractivity contribution in [3.63, 3.8) is 0 Å². The Morgan fingerprint density at radius 2 is 2.00 bits per heavy atom. The quantitative estimate of drug-likeness (QED) is 0.790. The van der Waals surface area contributed by atoms with Gasteiger partial charge >= 0.3 is 0 Å². The van der Waals surface area contributed by atoms with Crippen molar-refractivity contribution in [2.24, 2.45) is 0 Å². The maximum atomic E-state index is 12.4. The van der Waals surface area contributed by atoms with Crippen LogP contribution in [0.5, 0.6) is 0 Å². The van der Waals surface area contributed by atoms with Crippen molar-refractivity contribution in [3.05, 3.63) is 28.5 Å². The summed E-state index contributed by atoms with van der Waals surface area (Å²) in [5.41, 5.74) is 0.465. The van der Waals surface area contributed by atoms with Crippen LogP contribution in [0.25, 0.3) is 0 Å². The van der Waals surface area contributed by atoms with Crippen LogP contribution in [-0.2, 0) is 9.47 Å². The smallest absolute Gasteiger partial charge is 0.273 e. The van der Waals surface area contributed by atoms with Gasteiger partial charge in [0, 0.05) is 36.6 Å². The number of pyridine rings is 1. The van der Waals surface area contributed by atoms with E-state index in [1.807, 2.05) is 11.0 Å². The van der Waals surface area contributed by atoms with Crippen LogP contribution in [0.15, 0.2) is 22.8 Å². The zero-order valence-corrected chi connectivity index (χ0v) is 12.1. The van der Waals surface area contributed by atoms with E-state index in [2.05, 4.69) is 20.9 Å². The zero-order valence-electron chi connectivity index (χ0n) is 10.5. The average Bonchev–Trinajstić information content (AvgIpc) is 2.88. The summed E-state index contributed by atoms with van der Waals surface area (Å²) in [6.07, 6.45) is 3.08. The maximum Gasteiger partial charge on any atom is 0.273 e. The lowest BCUT2D eigenvalue weighted by atomic mass is 10.0. The number of ether oxygens (including phenoxy) is 2. The molecule has 0 aromatic carbocycles. The summed E-state index contributed by atoms with van der Waals surface area (Å²) in [6.45, 7) is 2.59. The zero-order chi connectivity index (χ0) is 13.3. The van der Waals surface area contributed by atoms with Gasteiger partial charge in [-0.15, -0.1) is 0 Å². The first-order valence-electron chi connectivity index (χ1n) is 6.38. The highest BCUT2D eigenvalue weighted by Crippen LogP contribution is 2.32. The van der Waals surface area contributed by atoms with E-state index in [-0.39, 0.29) is 5.91 Å². The number of amides is 1. The van der Waals surface area contributed by atoms with Crippen molar-refractivity contribution in [1.29, 1.82) is 0 Å². The van der Waals surface area contributed by atoms with Crippen molar-refractivity contribution in [3.8, 4) is 0 Å². The first-order chi connectivity index (χ1) is 9.20. The molecule has 0 saturated carbocycles. The standard InChI is InChI=1S/C13H15BrN2O3/c14-10-2-1-5-15-11(10)12(17)16-6-3-13(4-7-16)18-8-9-19-13/h1-2,5H,3-4,6-9H2. The van der Waals surface area contributed by atoms with Crippen molar-refractivity contribution in [2.75, 3.05) is 26.3 Å². The van der Waals surface area contributed by atoms with Gasteiger partial charge in [0.15, 0.2) is 5.79 Å². The minimum Gasteiger partial charge on any atom is -0.347 e. The van der Waals surface area contributed by atoms with E-state index >= 15 is 0 Å². The highest BCUT2D eigenvalue weighted by Gasteiger charge is 2.41. The molecule has 3 heterocycles. The average molecular weight is 327 g/mol. The number of piperidine rings is 1. The molecule has 6 heteroatoms. The largest absolute Gasteiger partial charge is 0.347 e. The summed E-state index contributed by atoms with van der Waals surface area (Å²) in [4.78, 5) is 18.3. The van der Waals surface area contributed by atoms with E-state index in [4.69, 9.17) is 9.47 Å². The molecule has 2 fully saturated rings. The van der Waals surface area contributed by atoms with E-state index < -0.39 is 5.79 Å². The third-order valence-corrected chi connectivity index (χ3v) is 4.23. The molecule has 0 atom stereocenters. The van der Waals surface area contributed by atoms with Gasteiger partial charge in [-0.2, -0.15) is 0 Å². The van der Waals surface area contributed by atoms with Gasteiger partial charge in [0.25, 0.3) is 5.91 Å². The number of carbonyl (C=O) groups excluding carboxylic acids is 1. The molecule has 0 bridgehead atoms. The molecule has 102 valence electrons. The van der Waals surface area contributed by atoms with Gasteiger partial charge in [0.1, 0.15) is 5.69 Å². The molecule has 0 N–H and O–H groups in total. The molecule has 3 rings (SSSR count). The second-order valence-corrected chi connectivity index (χ2v) is 5.59. The molecule has 0 aliphatic carbocycles. The Balaban J connectivity index is 1.68. The SMILES string of the molecule is O=C(c1ncccc1Br)N1CCC2(CC1)OCCO2. The summed E-state index contributed by atoms with van der Waals surface area (Å²) in [6, 6.07) is 3.63. The fraction of sp³-hybridized carbons (Fsp3) is 0.538. The molecule has 1 amide bonds. The summed E-state index contributed by atoms with van der Waals surface area (Å²) >= 11 is 3.36. The molecule has 2 aliphatic rings. The number of rotatable bonds is 1. The Bertz CT molecular complexity index is 479. The van der Waals surface area contributed by atoms with Crippen LogP contribution in [0.1, 0.15) is 23.3 Å². The lowest BCUT2D eigenvalue weighted by Crippen LogP contribution is -2.47. The highest BCUT2D eigenvalue weighted by molar-refractivity contribution is 9.10. The Hall–Kier alpha value is -0.980. The molecule has 1 aromatic heterocycles. The predicted molar refractivity (Wildman–Crippen MR) is 71.7 cm³/mol. The second kappa shape index (κ2) is 5.19. The maximum absolute atomic E-state index is 12.4. The molecule has 2 saturated heterocycles. The number of hydrogen-bond donors (Lipinski definition) is 0. The van der Waals surface area contributed by atoms with Crippen LogP contribution in [0.2, 0.25) is 0 Å². The van der Waals surface area contributed by atoms with Gasteiger partial charge in [-0.1, -0.05) is 0 Å². The molecule has 19 heavy (non-hydrogen) atoms. The van der Waals surface area contributed by atoms with Gasteiger partial charge in [-0.25, -0.2) is 4.98 Å². The van der Waals surface area contributed by atoms with Crippen LogP contribution in [0, 0.1) is 0 Å². The molecular formula is C13H15BrN2O3. The fourth-order valence-corrected chi connectivity index (χ4v) is 2.95. The van der Waals surface area contributed by atoms with E-state index in [0.29, 0.717) is 32.0 Å². The lowest BCUT2D eigenvalue weighted by molar-refractivity contribution is -0.181. The summed E-state index contributed by atoms with van der Waals surface area (Å²) in [7, 11) is 0. The highest BCUT2D eigenvalue weighted by atomic mass is 79.9. The molecule has 0 unspecified atom stereocenters. The normalized spacial score (nSPS) is 21.8. The summed E-state index contributed by atoms with van der Waals surface area (Å²) < 4.78 is 12.0. The van der Waals surface area contributed by atoms with Crippen molar-refractivity contribution < 1.29 is 14.3 Å². The minimum absolute atomic E-state index is 0.0414. The molecule has 1 spiro atoms. The predicted octanol–water partition coefficient (Wildman–Crippen LogP) is 1.82. The number of nitrogens with zero attached hydrogens (tertiary/aromatic N) is 2.